The number of nitrogens with zero attached hydrogens (tertiary/aromatic N) is 1. The number of aliphatic hydroxyl groups excluding tert-OH is 1. The van der Waals surface area contributed by atoms with Gasteiger partial charge in [0.25, 0.3) is 0 Å². The van der Waals surface area contributed by atoms with E-state index in [1.807, 2.05) is 0 Å². The Balaban J connectivity index is 1.95. The van der Waals surface area contributed by atoms with E-state index in [0.29, 0.717) is 16.7 Å². The quantitative estimate of drug-likeness (QED) is 0.806. The molecule has 2 aromatic rings. The van der Waals surface area contributed by atoms with Crippen molar-refractivity contribution >= 4 is 5.97 Å². The number of aromatic nitrogens is 1. The molecule has 138 valence electrons. The second kappa shape index (κ2) is 6.35. The van der Waals surface area contributed by atoms with Crippen LogP contribution < -0.4 is 0 Å². The topological polar surface area (TPSA) is 70.4 Å². The van der Waals surface area contributed by atoms with Crippen molar-refractivity contribution in [2.24, 2.45) is 0 Å². The van der Waals surface area contributed by atoms with Crippen LogP contribution in [-0.4, -0.2) is 27.3 Å². The maximum Gasteiger partial charge on any atom is 0.433 e. The van der Waals surface area contributed by atoms with Gasteiger partial charge in [0.2, 0.25) is 0 Å². The average molecular weight is 369 g/mol. The van der Waals surface area contributed by atoms with Crippen molar-refractivity contribution < 1.29 is 32.6 Å². The number of hydrogen-bond donors (Lipinski definition) is 2. The number of pyridine rings is 1. The largest absolute Gasteiger partial charge is 0.481 e. The van der Waals surface area contributed by atoms with Gasteiger partial charge in [-0.15, -0.1) is 0 Å². The number of alkyl halides is 4. The molecule has 3 rings (SSSR count). The third kappa shape index (κ3) is 3.05. The van der Waals surface area contributed by atoms with Crippen LogP contribution in [0.25, 0.3) is 11.1 Å². The van der Waals surface area contributed by atoms with E-state index in [4.69, 9.17) is 0 Å². The van der Waals surface area contributed by atoms with Gasteiger partial charge in [-0.25, -0.2) is 4.39 Å². The highest BCUT2D eigenvalue weighted by Crippen LogP contribution is 2.46. The molecule has 1 fully saturated rings. The Bertz CT molecular complexity index is 827. The van der Waals surface area contributed by atoms with Crippen molar-refractivity contribution in [3.8, 4) is 11.1 Å². The number of rotatable bonds is 4. The maximum absolute atomic E-state index is 13.2. The molecule has 0 atom stereocenters. The van der Waals surface area contributed by atoms with Crippen LogP contribution in [0.3, 0.4) is 0 Å². The molecule has 2 N–H and O–H groups in total. The highest BCUT2D eigenvalue weighted by Gasteiger charge is 2.52. The van der Waals surface area contributed by atoms with Gasteiger partial charge < -0.3 is 10.2 Å². The second-order valence-corrected chi connectivity index (χ2v) is 6.35. The van der Waals surface area contributed by atoms with E-state index < -0.39 is 36.0 Å². The summed E-state index contributed by atoms with van der Waals surface area (Å²) in [7, 11) is 0. The van der Waals surface area contributed by atoms with Crippen LogP contribution in [0, 0.1) is 0 Å². The molecule has 1 aromatic carbocycles. The van der Waals surface area contributed by atoms with Crippen LogP contribution in [0.15, 0.2) is 36.5 Å². The summed E-state index contributed by atoms with van der Waals surface area (Å²) >= 11 is 0. The normalized spacial score (nSPS) is 22.7. The second-order valence-electron chi connectivity index (χ2n) is 6.35. The Kier molecular flexibility index (Phi) is 4.47. The van der Waals surface area contributed by atoms with E-state index in [9.17, 15) is 32.6 Å². The summed E-state index contributed by atoms with van der Waals surface area (Å²) in [4.78, 5) is 14.9. The molecule has 0 unspecified atom stereocenters. The lowest BCUT2D eigenvalue weighted by Crippen LogP contribution is -2.48. The van der Waals surface area contributed by atoms with Gasteiger partial charge in [-0.2, -0.15) is 13.2 Å². The first-order valence-corrected chi connectivity index (χ1v) is 7.83. The third-order valence-electron chi connectivity index (χ3n) is 4.75. The van der Waals surface area contributed by atoms with Crippen molar-refractivity contribution in [1.82, 2.24) is 4.98 Å². The van der Waals surface area contributed by atoms with Crippen molar-refractivity contribution in [1.29, 1.82) is 0 Å². The molecule has 26 heavy (non-hydrogen) atoms. The summed E-state index contributed by atoms with van der Waals surface area (Å²) < 4.78 is 51.5. The molecule has 1 aliphatic rings. The van der Waals surface area contributed by atoms with Gasteiger partial charge in [-0.05, 0) is 35.6 Å². The van der Waals surface area contributed by atoms with Crippen LogP contribution in [0.4, 0.5) is 17.6 Å². The van der Waals surface area contributed by atoms with Crippen LogP contribution in [0.1, 0.15) is 29.7 Å². The number of carbonyl (C=O) groups is 1. The number of carboxylic acid groups (broad SMARTS) is 1. The average Bonchev–Trinajstić information content (AvgIpc) is 2.57. The zero-order valence-corrected chi connectivity index (χ0v) is 13.4. The number of benzene rings is 1. The Morgan fingerprint density at radius 3 is 2.31 bits per heavy atom. The molecule has 1 heterocycles. The molecule has 0 spiro atoms. The standard InChI is InChI=1S/C18H15F4NO3/c19-13-6-17(7-13,16(25)26)12-3-1-10(2-4-12)14-8-23-15(18(20,21)22)5-11(14)9-24/h1-5,8,13,24H,6-7,9H2,(H,25,26). The van der Waals surface area contributed by atoms with E-state index >= 15 is 0 Å². The molecule has 8 heteroatoms. The lowest BCUT2D eigenvalue weighted by atomic mass is 9.63. The Morgan fingerprint density at radius 2 is 1.85 bits per heavy atom. The van der Waals surface area contributed by atoms with Crippen molar-refractivity contribution in [2.75, 3.05) is 0 Å². The molecule has 1 aromatic heterocycles. The molecule has 1 saturated carbocycles. The number of aliphatic carboxylic acids is 1. The first kappa shape index (κ1) is 18.3. The first-order valence-electron chi connectivity index (χ1n) is 7.83. The van der Waals surface area contributed by atoms with Gasteiger partial charge >= 0.3 is 12.1 Å². The zero-order valence-electron chi connectivity index (χ0n) is 13.4. The lowest BCUT2D eigenvalue weighted by Gasteiger charge is -2.40. The number of hydrogen-bond acceptors (Lipinski definition) is 3. The fourth-order valence-electron chi connectivity index (χ4n) is 3.24. The zero-order chi connectivity index (χ0) is 19.1. The first-order chi connectivity index (χ1) is 12.2. The van der Waals surface area contributed by atoms with Crippen molar-refractivity contribution in [3.05, 3.63) is 53.3 Å². The van der Waals surface area contributed by atoms with E-state index in [2.05, 4.69) is 4.98 Å². The summed E-state index contributed by atoms with van der Waals surface area (Å²) in [6.45, 7) is -0.606. The fourth-order valence-corrected chi connectivity index (χ4v) is 3.24. The van der Waals surface area contributed by atoms with Crippen LogP contribution in [0.5, 0.6) is 0 Å². The van der Waals surface area contributed by atoms with Gasteiger partial charge in [0.1, 0.15) is 11.9 Å². The minimum atomic E-state index is -4.62. The van der Waals surface area contributed by atoms with Crippen molar-refractivity contribution in [3.63, 3.8) is 0 Å². The van der Waals surface area contributed by atoms with Gasteiger partial charge in [0, 0.05) is 11.8 Å². The molecule has 0 bridgehead atoms. The molecule has 4 nitrogen and oxygen atoms in total. The molecule has 0 aliphatic heterocycles. The minimum Gasteiger partial charge on any atom is -0.481 e. The van der Waals surface area contributed by atoms with Crippen LogP contribution in [-0.2, 0) is 23.0 Å². The van der Waals surface area contributed by atoms with Crippen LogP contribution >= 0.6 is 0 Å². The maximum atomic E-state index is 13.2. The summed E-state index contributed by atoms with van der Waals surface area (Å²) in [5.74, 6) is -1.11. The SMILES string of the molecule is O=C(O)C1(c2ccc(-c3cnc(C(F)(F)F)cc3CO)cc2)CC(F)C1. The molecule has 0 saturated heterocycles. The van der Waals surface area contributed by atoms with Gasteiger partial charge in [0.05, 0.1) is 12.0 Å². The predicted octanol–water partition coefficient (Wildman–Crippen LogP) is 3.71. The van der Waals surface area contributed by atoms with Gasteiger partial charge in [0.15, 0.2) is 0 Å². The van der Waals surface area contributed by atoms with E-state index in [0.717, 1.165) is 12.3 Å². The molecule has 1 aliphatic carbocycles. The van der Waals surface area contributed by atoms with Crippen molar-refractivity contribution in [2.45, 2.75) is 37.2 Å². The summed E-state index contributed by atoms with van der Waals surface area (Å²) in [5, 5.41) is 18.8. The fraction of sp³-hybridized carbons (Fsp3) is 0.333. The molecule has 0 radical (unpaired) electrons. The Morgan fingerprint density at radius 1 is 1.23 bits per heavy atom. The Hall–Kier alpha value is -2.48. The van der Waals surface area contributed by atoms with Gasteiger partial charge in [-0.3, -0.25) is 9.78 Å². The van der Waals surface area contributed by atoms with E-state index in [1.54, 1.807) is 0 Å². The van der Waals surface area contributed by atoms with Gasteiger partial charge in [-0.1, -0.05) is 24.3 Å². The number of halogens is 4. The van der Waals surface area contributed by atoms with Crippen LogP contribution in [0.2, 0.25) is 0 Å². The highest BCUT2D eigenvalue weighted by atomic mass is 19.4. The van der Waals surface area contributed by atoms with E-state index in [1.165, 1.54) is 24.3 Å². The Labute approximate surface area is 146 Å². The summed E-state index contributed by atoms with van der Waals surface area (Å²) in [5.41, 5.74) is -1.08. The molecular weight excluding hydrogens is 354 g/mol. The third-order valence-corrected chi connectivity index (χ3v) is 4.75. The number of aliphatic hydroxyl groups is 1. The highest BCUT2D eigenvalue weighted by molar-refractivity contribution is 5.83. The lowest BCUT2D eigenvalue weighted by molar-refractivity contribution is -0.150. The smallest absolute Gasteiger partial charge is 0.433 e. The monoisotopic (exact) mass is 369 g/mol. The minimum absolute atomic E-state index is 0.0560. The predicted molar refractivity (Wildman–Crippen MR) is 84.0 cm³/mol. The molecular formula is C18H15F4NO3. The summed E-state index contributed by atoms with van der Waals surface area (Å²) in [6.07, 6.45) is -4.97. The number of carboxylic acids is 1. The summed E-state index contributed by atoms with van der Waals surface area (Å²) in [6, 6.07) is 6.90. The van der Waals surface area contributed by atoms with E-state index in [-0.39, 0.29) is 18.4 Å². The molecule has 0 amide bonds.